The maximum absolute atomic E-state index is 12.8. The van der Waals surface area contributed by atoms with Crippen molar-refractivity contribution in [1.82, 2.24) is 29.2 Å². The van der Waals surface area contributed by atoms with Crippen LogP contribution in [0.3, 0.4) is 0 Å². The number of morpholine rings is 1. The first-order valence-corrected chi connectivity index (χ1v) is 12.0. The molecule has 10 heteroatoms. The molecule has 1 saturated carbocycles. The summed E-state index contributed by atoms with van der Waals surface area (Å²) in [6.07, 6.45) is 4.85. The lowest BCUT2D eigenvalue weighted by molar-refractivity contribution is 0.0358. The first kappa shape index (κ1) is 22.7. The van der Waals surface area contributed by atoms with E-state index in [9.17, 15) is 9.59 Å². The van der Waals surface area contributed by atoms with Gasteiger partial charge in [-0.3, -0.25) is 18.8 Å². The van der Waals surface area contributed by atoms with Crippen molar-refractivity contribution in [2.45, 2.75) is 38.1 Å². The van der Waals surface area contributed by atoms with Gasteiger partial charge in [-0.05, 0) is 43.5 Å². The van der Waals surface area contributed by atoms with Gasteiger partial charge in [-0.15, -0.1) is 10.2 Å². The molecule has 0 unspecified atom stereocenters. The maximum Gasteiger partial charge on any atom is 0.332 e. The molecule has 180 valence electrons. The summed E-state index contributed by atoms with van der Waals surface area (Å²) < 4.78 is 14.0. The van der Waals surface area contributed by atoms with Crippen LogP contribution in [0.2, 0.25) is 0 Å². The molecule has 0 radical (unpaired) electrons. The summed E-state index contributed by atoms with van der Waals surface area (Å²) in [6.45, 7) is 5.21. The van der Waals surface area contributed by atoms with E-state index in [4.69, 9.17) is 9.47 Å². The van der Waals surface area contributed by atoms with Gasteiger partial charge in [0.25, 0.3) is 5.56 Å². The molecule has 1 aromatic carbocycles. The Morgan fingerprint density at radius 3 is 2.53 bits per heavy atom. The topological polar surface area (TPSA) is 104 Å². The van der Waals surface area contributed by atoms with E-state index in [1.807, 2.05) is 24.3 Å². The van der Waals surface area contributed by atoms with Gasteiger partial charge in [0.2, 0.25) is 0 Å². The van der Waals surface area contributed by atoms with Gasteiger partial charge in [-0.1, -0.05) is 12.8 Å². The van der Waals surface area contributed by atoms with Crippen molar-refractivity contribution in [3.63, 3.8) is 0 Å². The normalized spacial score (nSPS) is 17.4. The van der Waals surface area contributed by atoms with Crippen LogP contribution in [-0.4, -0.2) is 68.7 Å². The highest BCUT2D eigenvalue weighted by molar-refractivity contribution is 5.71. The van der Waals surface area contributed by atoms with Gasteiger partial charge in [-0.2, -0.15) is 0 Å². The first-order chi connectivity index (χ1) is 16.6. The molecule has 0 amide bonds. The predicted molar refractivity (Wildman–Crippen MR) is 127 cm³/mol. The number of benzene rings is 1. The number of nitrogens with zero attached hydrogens (tertiary/aromatic N) is 6. The predicted octanol–water partition coefficient (Wildman–Crippen LogP) is 1.77. The largest absolute Gasteiger partial charge is 0.494 e. The summed E-state index contributed by atoms with van der Waals surface area (Å²) in [5.74, 6) is 1.12. The lowest BCUT2D eigenvalue weighted by Gasteiger charge is -2.26. The lowest BCUT2D eigenvalue weighted by atomic mass is 10.2. The molecule has 0 bridgehead atoms. The van der Waals surface area contributed by atoms with Crippen LogP contribution >= 0.6 is 0 Å². The lowest BCUT2D eigenvalue weighted by Crippen LogP contribution is -2.40. The third kappa shape index (κ3) is 4.60. The Labute approximate surface area is 197 Å². The van der Waals surface area contributed by atoms with Gasteiger partial charge in [-0.25, -0.2) is 9.78 Å². The van der Waals surface area contributed by atoms with Crippen LogP contribution in [0.15, 0.2) is 33.9 Å². The van der Waals surface area contributed by atoms with Gasteiger partial charge in [0.05, 0.1) is 19.8 Å². The van der Waals surface area contributed by atoms with Crippen LogP contribution in [-0.2, 0) is 11.8 Å². The van der Waals surface area contributed by atoms with Gasteiger partial charge in [0.1, 0.15) is 5.75 Å². The van der Waals surface area contributed by atoms with E-state index < -0.39 is 5.56 Å². The Balaban J connectivity index is 1.32. The minimum Gasteiger partial charge on any atom is -0.494 e. The molecule has 3 heterocycles. The van der Waals surface area contributed by atoms with Crippen LogP contribution in [0.5, 0.6) is 5.75 Å². The highest BCUT2D eigenvalue weighted by Gasteiger charge is 2.24. The number of fused-ring (bicyclic) bond motifs is 1. The second-order valence-corrected chi connectivity index (χ2v) is 8.94. The standard InChI is InChI=1S/C24H30N6O4/c1-28-23(31)20-22(30(24(28)32)18-5-2-3-6-18)27-26-21(25-20)17-7-9-19(10-8-17)34-14-4-11-29-12-15-33-16-13-29/h7-10,18H,2-6,11-16H2,1H3. The molecule has 1 saturated heterocycles. The van der Waals surface area contributed by atoms with Crippen LogP contribution < -0.4 is 16.0 Å². The molecule has 2 aromatic heterocycles. The average molecular weight is 467 g/mol. The van der Waals surface area contributed by atoms with Crippen molar-refractivity contribution in [2.75, 3.05) is 39.5 Å². The van der Waals surface area contributed by atoms with E-state index in [0.29, 0.717) is 12.4 Å². The Morgan fingerprint density at radius 2 is 1.79 bits per heavy atom. The molecule has 0 atom stereocenters. The first-order valence-electron chi connectivity index (χ1n) is 12.0. The number of aromatic nitrogens is 5. The van der Waals surface area contributed by atoms with E-state index in [0.717, 1.165) is 80.8 Å². The zero-order valence-electron chi connectivity index (χ0n) is 19.5. The van der Waals surface area contributed by atoms with Crippen molar-refractivity contribution in [3.8, 4) is 17.1 Å². The Kier molecular flexibility index (Phi) is 6.68. The second-order valence-electron chi connectivity index (χ2n) is 8.94. The van der Waals surface area contributed by atoms with Gasteiger partial charge in [0, 0.05) is 38.3 Å². The smallest absolute Gasteiger partial charge is 0.332 e. The third-order valence-electron chi connectivity index (χ3n) is 6.69. The molecule has 1 aliphatic carbocycles. The number of hydrogen-bond acceptors (Lipinski definition) is 8. The monoisotopic (exact) mass is 466 g/mol. The van der Waals surface area contributed by atoms with E-state index >= 15 is 0 Å². The van der Waals surface area contributed by atoms with Crippen molar-refractivity contribution >= 4 is 11.2 Å². The highest BCUT2D eigenvalue weighted by Crippen LogP contribution is 2.29. The molecular formula is C24H30N6O4. The minimum atomic E-state index is -0.453. The fourth-order valence-corrected chi connectivity index (χ4v) is 4.74. The van der Waals surface area contributed by atoms with Crippen molar-refractivity contribution in [2.24, 2.45) is 7.05 Å². The third-order valence-corrected chi connectivity index (χ3v) is 6.69. The molecule has 5 rings (SSSR count). The fraction of sp³-hybridized carbons (Fsp3) is 0.542. The molecule has 2 aliphatic rings. The quantitative estimate of drug-likeness (QED) is 0.485. The zero-order chi connectivity index (χ0) is 23.5. The molecule has 1 aliphatic heterocycles. The number of hydrogen-bond donors (Lipinski definition) is 0. The molecule has 10 nitrogen and oxygen atoms in total. The molecule has 0 N–H and O–H groups in total. The molecule has 34 heavy (non-hydrogen) atoms. The molecule has 3 aromatic rings. The Hall–Kier alpha value is -3.11. The average Bonchev–Trinajstić information content (AvgIpc) is 3.41. The van der Waals surface area contributed by atoms with Crippen LogP contribution in [0.4, 0.5) is 0 Å². The minimum absolute atomic E-state index is 0.0310. The zero-order valence-corrected chi connectivity index (χ0v) is 19.5. The summed E-state index contributed by atoms with van der Waals surface area (Å²) in [6, 6.07) is 7.49. The van der Waals surface area contributed by atoms with Crippen LogP contribution in [0, 0.1) is 0 Å². The fourth-order valence-electron chi connectivity index (χ4n) is 4.74. The van der Waals surface area contributed by atoms with Gasteiger partial charge >= 0.3 is 5.69 Å². The second kappa shape index (κ2) is 10.0. The van der Waals surface area contributed by atoms with E-state index in [-0.39, 0.29) is 22.9 Å². The summed E-state index contributed by atoms with van der Waals surface area (Å²) in [7, 11) is 1.49. The molecule has 2 fully saturated rings. The van der Waals surface area contributed by atoms with Gasteiger partial charge < -0.3 is 9.47 Å². The maximum atomic E-state index is 12.8. The molecular weight excluding hydrogens is 436 g/mol. The molecule has 0 spiro atoms. The van der Waals surface area contributed by atoms with Crippen molar-refractivity contribution in [3.05, 3.63) is 45.1 Å². The number of ether oxygens (including phenoxy) is 2. The Morgan fingerprint density at radius 1 is 1.06 bits per heavy atom. The van der Waals surface area contributed by atoms with Crippen molar-refractivity contribution in [1.29, 1.82) is 0 Å². The summed E-state index contributed by atoms with van der Waals surface area (Å²) in [5, 5.41) is 8.54. The summed E-state index contributed by atoms with van der Waals surface area (Å²) >= 11 is 0. The van der Waals surface area contributed by atoms with Crippen LogP contribution in [0.1, 0.15) is 38.1 Å². The summed E-state index contributed by atoms with van der Waals surface area (Å²) in [5.41, 5.74) is 0.358. The number of rotatable bonds is 7. The van der Waals surface area contributed by atoms with Crippen molar-refractivity contribution < 1.29 is 9.47 Å². The van der Waals surface area contributed by atoms with Crippen LogP contribution in [0.25, 0.3) is 22.6 Å². The summed E-state index contributed by atoms with van der Waals surface area (Å²) in [4.78, 5) is 32.5. The highest BCUT2D eigenvalue weighted by atomic mass is 16.5. The Bertz CT molecular complexity index is 1260. The van der Waals surface area contributed by atoms with E-state index in [1.165, 1.54) is 7.05 Å². The SMILES string of the molecule is Cn1c(=O)c2nc(-c3ccc(OCCCN4CCOCC4)cc3)nnc2n(C2CCCC2)c1=O. The van der Waals surface area contributed by atoms with E-state index in [1.54, 1.807) is 4.57 Å². The van der Waals surface area contributed by atoms with Gasteiger partial charge in [0.15, 0.2) is 17.0 Å². The van der Waals surface area contributed by atoms with E-state index in [2.05, 4.69) is 20.1 Å².